The molecular formula is C20H27NO6. The van der Waals surface area contributed by atoms with Gasteiger partial charge in [-0.3, -0.25) is 14.4 Å². The van der Waals surface area contributed by atoms with Crippen molar-refractivity contribution in [3.8, 4) is 0 Å². The molecule has 1 saturated heterocycles. The van der Waals surface area contributed by atoms with Crippen molar-refractivity contribution in [1.29, 1.82) is 0 Å². The van der Waals surface area contributed by atoms with Crippen LogP contribution in [0.5, 0.6) is 0 Å². The normalized spacial score (nSPS) is 29.2. The Bertz CT molecular complexity index is 674. The lowest BCUT2D eigenvalue weighted by atomic mass is 9.91. The summed E-state index contributed by atoms with van der Waals surface area (Å²) in [6.07, 6.45) is -2.40. The smallest absolute Gasteiger partial charge is 0.327 e. The van der Waals surface area contributed by atoms with Gasteiger partial charge in [0.15, 0.2) is 6.10 Å². The highest BCUT2D eigenvalue weighted by Crippen LogP contribution is 2.25. The van der Waals surface area contributed by atoms with E-state index in [0.29, 0.717) is 0 Å². The molecule has 0 aliphatic carbocycles. The summed E-state index contributed by atoms with van der Waals surface area (Å²) in [5.41, 5.74) is 6.69. The van der Waals surface area contributed by atoms with Crippen LogP contribution in [-0.4, -0.2) is 42.3 Å². The highest BCUT2D eigenvalue weighted by atomic mass is 16.6. The highest BCUT2D eigenvalue weighted by Gasteiger charge is 2.42. The number of hydrogen-bond donors (Lipinski definition) is 1. The molecule has 5 atom stereocenters. The molecule has 0 unspecified atom stereocenters. The summed E-state index contributed by atoms with van der Waals surface area (Å²) in [4.78, 5) is 37.3. The van der Waals surface area contributed by atoms with Crippen LogP contribution >= 0.6 is 0 Å². The number of cyclic esters (lactones) is 2. The summed E-state index contributed by atoms with van der Waals surface area (Å²) >= 11 is 0. The van der Waals surface area contributed by atoms with Crippen molar-refractivity contribution in [3.63, 3.8) is 0 Å². The van der Waals surface area contributed by atoms with Crippen LogP contribution < -0.4 is 5.73 Å². The van der Waals surface area contributed by atoms with Gasteiger partial charge < -0.3 is 19.9 Å². The molecule has 1 heterocycles. The van der Waals surface area contributed by atoms with Crippen LogP contribution in [0.4, 0.5) is 0 Å². The summed E-state index contributed by atoms with van der Waals surface area (Å²) in [7, 11) is 0. The first kappa shape index (κ1) is 20.9. The molecule has 1 fully saturated rings. The second-order valence-corrected chi connectivity index (χ2v) is 7.16. The van der Waals surface area contributed by atoms with Crippen LogP contribution in [0.15, 0.2) is 30.3 Å². The third kappa shape index (κ3) is 5.29. The van der Waals surface area contributed by atoms with E-state index in [1.165, 1.54) is 6.92 Å². The van der Waals surface area contributed by atoms with Gasteiger partial charge in [0.1, 0.15) is 24.2 Å². The lowest BCUT2D eigenvalue weighted by Crippen LogP contribution is -2.44. The maximum Gasteiger partial charge on any atom is 0.327 e. The minimum atomic E-state index is -1.10. The Hall–Kier alpha value is -2.41. The van der Waals surface area contributed by atoms with E-state index in [2.05, 4.69) is 0 Å². The summed E-state index contributed by atoms with van der Waals surface area (Å²) in [5.74, 6) is -2.98. The van der Waals surface area contributed by atoms with Crippen molar-refractivity contribution < 1.29 is 28.6 Å². The van der Waals surface area contributed by atoms with E-state index in [-0.39, 0.29) is 6.42 Å². The van der Waals surface area contributed by atoms with E-state index in [9.17, 15) is 14.4 Å². The van der Waals surface area contributed by atoms with E-state index in [0.717, 1.165) is 5.56 Å². The molecule has 0 amide bonds. The fourth-order valence-corrected chi connectivity index (χ4v) is 2.84. The third-order valence-corrected chi connectivity index (χ3v) is 4.57. The van der Waals surface area contributed by atoms with Gasteiger partial charge in [0.25, 0.3) is 0 Å². The van der Waals surface area contributed by atoms with E-state index in [1.807, 2.05) is 30.3 Å². The van der Waals surface area contributed by atoms with Gasteiger partial charge in [0.2, 0.25) is 0 Å². The largest absolute Gasteiger partial charge is 0.460 e. The molecule has 1 aliphatic rings. The van der Waals surface area contributed by atoms with Gasteiger partial charge in [-0.1, -0.05) is 44.2 Å². The summed E-state index contributed by atoms with van der Waals surface area (Å²) in [6, 6.07) is 8.21. The molecule has 1 aromatic rings. The van der Waals surface area contributed by atoms with Crippen molar-refractivity contribution in [3.05, 3.63) is 35.9 Å². The standard InChI is InChI=1S/C20H27NO6/c1-11(2)18(22)27-17-13(4)26-20(24)16(21)12(3)25-19(23)15(17)10-14-8-6-5-7-9-14/h5-9,11-13,15-17H,10,21H2,1-4H3/t12-,13+,15-,16+,17+/m1/s1. The van der Waals surface area contributed by atoms with Crippen LogP contribution in [-0.2, 0) is 35.0 Å². The lowest BCUT2D eigenvalue weighted by Gasteiger charge is -2.29. The SMILES string of the molecule is CC(C)C(=O)O[C@H]1[C@H](C)OC(=O)[C@@H](N)[C@@H](C)OC(=O)[C@@H]1Cc1ccccc1. The molecule has 7 nitrogen and oxygen atoms in total. The Kier molecular flexibility index (Phi) is 6.96. The Morgan fingerprint density at radius 1 is 1.07 bits per heavy atom. The Balaban J connectivity index is 2.39. The Morgan fingerprint density at radius 2 is 1.67 bits per heavy atom. The highest BCUT2D eigenvalue weighted by molar-refractivity contribution is 5.80. The predicted molar refractivity (Wildman–Crippen MR) is 97.4 cm³/mol. The third-order valence-electron chi connectivity index (χ3n) is 4.57. The van der Waals surface area contributed by atoms with Gasteiger partial charge in [-0.15, -0.1) is 0 Å². The van der Waals surface area contributed by atoms with Gasteiger partial charge in [-0.2, -0.15) is 0 Å². The first-order chi connectivity index (χ1) is 12.7. The van der Waals surface area contributed by atoms with E-state index in [4.69, 9.17) is 19.9 Å². The molecule has 27 heavy (non-hydrogen) atoms. The van der Waals surface area contributed by atoms with Crippen LogP contribution in [0.1, 0.15) is 33.3 Å². The minimum Gasteiger partial charge on any atom is -0.460 e. The second kappa shape index (κ2) is 8.99. The lowest BCUT2D eigenvalue weighted by molar-refractivity contribution is -0.176. The number of hydrogen-bond acceptors (Lipinski definition) is 7. The van der Waals surface area contributed by atoms with Gasteiger partial charge in [-0.25, -0.2) is 0 Å². The Morgan fingerprint density at radius 3 is 2.26 bits per heavy atom. The topological polar surface area (TPSA) is 105 Å². The molecule has 2 N–H and O–H groups in total. The first-order valence-corrected chi connectivity index (χ1v) is 9.11. The molecule has 1 aliphatic heterocycles. The number of carbonyl (C=O) groups is 3. The van der Waals surface area contributed by atoms with E-state index >= 15 is 0 Å². The number of nitrogens with two attached hydrogens (primary N) is 1. The Labute approximate surface area is 159 Å². The van der Waals surface area contributed by atoms with Crippen molar-refractivity contribution >= 4 is 17.9 Å². The van der Waals surface area contributed by atoms with E-state index < -0.39 is 54.1 Å². The molecule has 0 radical (unpaired) electrons. The average Bonchev–Trinajstić information content (AvgIpc) is 2.65. The number of benzene rings is 1. The molecule has 0 aromatic heterocycles. The summed E-state index contributed by atoms with van der Waals surface area (Å²) < 4.78 is 16.4. The van der Waals surface area contributed by atoms with Gasteiger partial charge in [0.05, 0.1) is 5.92 Å². The van der Waals surface area contributed by atoms with Crippen LogP contribution in [0.2, 0.25) is 0 Å². The number of carbonyl (C=O) groups excluding carboxylic acids is 3. The quantitative estimate of drug-likeness (QED) is 0.628. The maximum atomic E-state index is 12.9. The van der Waals surface area contributed by atoms with Crippen LogP contribution in [0.25, 0.3) is 0 Å². The van der Waals surface area contributed by atoms with Gasteiger partial charge in [-0.05, 0) is 25.8 Å². The molecule has 0 bridgehead atoms. The number of esters is 3. The molecule has 7 heteroatoms. The molecule has 148 valence electrons. The molecular weight excluding hydrogens is 350 g/mol. The van der Waals surface area contributed by atoms with E-state index in [1.54, 1.807) is 20.8 Å². The number of ether oxygens (including phenoxy) is 3. The fourth-order valence-electron chi connectivity index (χ4n) is 2.84. The first-order valence-electron chi connectivity index (χ1n) is 9.11. The zero-order chi connectivity index (χ0) is 20.1. The van der Waals surface area contributed by atoms with Gasteiger partial charge >= 0.3 is 17.9 Å². The summed E-state index contributed by atoms with van der Waals surface area (Å²) in [5, 5.41) is 0. The fraction of sp³-hybridized carbons (Fsp3) is 0.550. The monoisotopic (exact) mass is 377 g/mol. The predicted octanol–water partition coefficient (Wildman–Crippen LogP) is 1.62. The molecule has 2 rings (SSSR count). The molecule has 1 aromatic carbocycles. The second-order valence-electron chi connectivity index (χ2n) is 7.16. The summed E-state index contributed by atoms with van der Waals surface area (Å²) in [6.45, 7) is 6.51. The van der Waals surface area contributed by atoms with Crippen LogP contribution in [0.3, 0.4) is 0 Å². The van der Waals surface area contributed by atoms with Crippen molar-refractivity contribution in [2.45, 2.75) is 58.5 Å². The van der Waals surface area contributed by atoms with Gasteiger partial charge in [0, 0.05) is 0 Å². The van der Waals surface area contributed by atoms with Crippen LogP contribution in [0, 0.1) is 11.8 Å². The zero-order valence-corrected chi connectivity index (χ0v) is 16.1. The van der Waals surface area contributed by atoms with Crippen molar-refractivity contribution in [2.75, 3.05) is 0 Å². The van der Waals surface area contributed by atoms with Crippen molar-refractivity contribution in [2.24, 2.45) is 17.6 Å². The molecule has 0 saturated carbocycles. The molecule has 0 spiro atoms. The average molecular weight is 377 g/mol. The zero-order valence-electron chi connectivity index (χ0n) is 16.1. The number of rotatable bonds is 4. The minimum absolute atomic E-state index is 0.277. The maximum absolute atomic E-state index is 12.9. The van der Waals surface area contributed by atoms with Crippen molar-refractivity contribution in [1.82, 2.24) is 0 Å².